The largest absolute Gasteiger partial charge is 0.507 e. The standard InChI is InChI=1S/C25H32O6/c1-17(2)13-14-31-23-12-10-19(6-4-8-25(29)30)16-21(23)20-15-18(9-11-22(20)26)5-3-7-24(27)28/h9-12,15-17,26H,3-8,13-14H2,1-2H3,(H,27,28)(H,29,30). The zero-order valence-electron chi connectivity index (χ0n) is 18.3. The third kappa shape index (κ3) is 8.32. The minimum atomic E-state index is -0.825. The van der Waals surface area contributed by atoms with E-state index in [1.165, 1.54) is 0 Å². The summed E-state index contributed by atoms with van der Waals surface area (Å²) in [6.07, 6.45) is 3.37. The zero-order chi connectivity index (χ0) is 22.8. The summed E-state index contributed by atoms with van der Waals surface area (Å²) in [5.74, 6) is -0.349. The van der Waals surface area contributed by atoms with E-state index in [9.17, 15) is 14.7 Å². The first-order valence-corrected chi connectivity index (χ1v) is 10.8. The summed E-state index contributed by atoms with van der Waals surface area (Å²) in [6, 6.07) is 11.1. The quantitative estimate of drug-likeness (QED) is 0.400. The number of phenols is 1. The number of phenolic OH excluding ortho intramolecular Hbond substituents is 1. The van der Waals surface area contributed by atoms with Gasteiger partial charge in [-0.15, -0.1) is 0 Å². The van der Waals surface area contributed by atoms with Crippen LogP contribution in [0.15, 0.2) is 36.4 Å². The highest BCUT2D eigenvalue weighted by atomic mass is 16.5. The molecule has 0 amide bonds. The second kappa shape index (κ2) is 12.0. The maximum Gasteiger partial charge on any atom is 0.303 e. The molecule has 0 fully saturated rings. The molecule has 0 saturated heterocycles. The molecule has 0 heterocycles. The highest BCUT2D eigenvalue weighted by Gasteiger charge is 2.14. The first-order valence-electron chi connectivity index (χ1n) is 10.8. The lowest BCUT2D eigenvalue weighted by Gasteiger charge is -2.16. The monoisotopic (exact) mass is 428 g/mol. The Kier molecular flexibility index (Phi) is 9.38. The van der Waals surface area contributed by atoms with Gasteiger partial charge in [0.2, 0.25) is 0 Å². The summed E-state index contributed by atoms with van der Waals surface area (Å²) in [5.41, 5.74) is 3.31. The van der Waals surface area contributed by atoms with Gasteiger partial charge < -0.3 is 20.1 Å². The lowest BCUT2D eigenvalue weighted by molar-refractivity contribution is -0.138. The predicted octanol–water partition coefficient (Wildman–Crippen LogP) is 5.30. The fourth-order valence-corrected chi connectivity index (χ4v) is 3.32. The molecular weight excluding hydrogens is 396 g/mol. The molecule has 0 atom stereocenters. The second-order valence-corrected chi connectivity index (χ2v) is 8.21. The van der Waals surface area contributed by atoms with E-state index in [0.717, 1.165) is 23.1 Å². The average Bonchev–Trinajstić information content (AvgIpc) is 2.69. The number of benzene rings is 2. The topological polar surface area (TPSA) is 104 Å². The molecule has 0 saturated carbocycles. The molecule has 6 heteroatoms. The molecule has 2 rings (SSSR count). The highest BCUT2D eigenvalue weighted by Crippen LogP contribution is 2.38. The SMILES string of the molecule is CC(C)CCOc1ccc(CCCC(=O)O)cc1-c1cc(CCCC(=O)O)ccc1O. The number of carboxylic acids is 2. The van der Waals surface area contributed by atoms with Crippen LogP contribution in [0.4, 0.5) is 0 Å². The number of hydrogen-bond acceptors (Lipinski definition) is 4. The number of carbonyl (C=O) groups is 2. The Bertz CT molecular complexity index is 888. The molecule has 31 heavy (non-hydrogen) atoms. The smallest absolute Gasteiger partial charge is 0.303 e. The Morgan fingerprint density at radius 1 is 0.871 bits per heavy atom. The third-order valence-corrected chi connectivity index (χ3v) is 5.06. The molecule has 2 aromatic rings. The molecule has 168 valence electrons. The van der Waals surface area contributed by atoms with Crippen molar-refractivity contribution in [2.75, 3.05) is 6.61 Å². The Morgan fingerprint density at radius 2 is 1.42 bits per heavy atom. The highest BCUT2D eigenvalue weighted by molar-refractivity contribution is 5.77. The number of carboxylic acid groups (broad SMARTS) is 2. The van der Waals surface area contributed by atoms with Gasteiger partial charge in [0.25, 0.3) is 0 Å². The van der Waals surface area contributed by atoms with Crippen molar-refractivity contribution in [3.8, 4) is 22.6 Å². The molecule has 0 aliphatic heterocycles. The number of rotatable bonds is 13. The molecule has 0 bridgehead atoms. The van der Waals surface area contributed by atoms with Gasteiger partial charge >= 0.3 is 11.9 Å². The van der Waals surface area contributed by atoms with Crippen molar-refractivity contribution >= 4 is 11.9 Å². The van der Waals surface area contributed by atoms with Crippen molar-refractivity contribution in [2.24, 2.45) is 5.92 Å². The molecule has 3 N–H and O–H groups in total. The molecule has 0 unspecified atom stereocenters. The van der Waals surface area contributed by atoms with E-state index in [0.29, 0.717) is 49.5 Å². The minimum absolute atomic E-state index is 0.0961. The molecule has 0 aliphatic carbocycles. The van der Waals surface area contributed by atoms with E-state index in [-0.39, 0.29) is 18.6 Å². The summed E-state index contributed by atoms with van der Waals surface area (Å²) < 4.78 is 6.02. The minimum Gasteiger partial charge on any atom is -0.507 e. The Hall–Kier alpha value is -3.02. The Balaban J connectivity index is 2.32. The van der Waals surface area contributed by atoms with Gasteiger partial charge in [0.15, 0.2) is 0 Å². The van der Waals surface area contributed by atoms with Gasteiger partial charge in [-0.2, -0.15) is 0 Å². The first-order chi connectivity index (χ1) is 14.8. The predicted molar refractivity (Wildman–Crippen MR) is 120 cm³/mol. The molecule has 0 aromatic heterocycles. The van der Waals surface area contributed by atoms with Crippen LogP contribution in [-0.2, 0) is 22.4 Å². The molecule has 0 aliphatic rings. The van der Waals surface area contributed by atoms with E-state index in [1.807, 2.05) is 24.3 Å². The van der Waals surface area contributed by atoms with Gasteiger partial charge in [-0.1, -0.05) is 26.0 Å². The number of aromatic hydroxyl groups is 1. The lowest BCUT2D eigenvalue weighted by atomic mass is 9.96. The van der Waals surface area contributed by atoms with E-state index in [4.69, 9.17) is 14.9 Å². The van der Waals surface area contributed by atoms with Gasteiger partial charge in [0.05, 0.1) is 6.61 Å². The van der Waals surface area contributed by atoms with E-state index in [2.05, 4.69) is 13.8 Å². The summed E-state index contributed by atoms with van der Waals surface area (Å²) in [4.78, 5) is 21.6. The third-order valence-electron chi connectivity index (χ3n) is 5.06. The van der Waals surface area contributed by atoms with Crippen LogP contribution < -0.4 is 4.74 Å². The number of aliphatic carboxylic acids is 2. The molecule has 6 nitrogen and oxygen atoms in total. The van der Waals surface area contributed by atoms with Crippen LogP contribution in [0, 0.1) is 5.92 Å². The van der Waals surface area contributed by atoms with Gasteiger partial charge in [0.1, 0.15) is 11.5 Å². The van der Waals surface area contributed by atoms with Crippen molar-refractivity contribution in [1.29, 1.82) is 0 Å². The molecule has 0 radical (unpaired) electrons. The van der Waals surface area contributed by atoms with Crippen LogP contribution in [0.1, 0.15) is 57.1 Å². The molecular formula is C25H32O6. The summed E-state index contributed by atoms with van der Waals surface area (Å²) in [7, 11) is 0. The van der Waals surface area contributed by atoms with Gasteiger partial charge in [-0.05, 0) is 73.4 Å². The Morgan fingerprint density at radius 3 is 1.97 bits per heavy atom. The first kappa shape index (κ1) is 24.3. The zero-order valence-corrected chi connectivity index (χ0v) is 18.3. The van der Waals surface area contributed by atoms with Crippen LogP contribution in [0.2, 0.25) is 0 Å². The van der Waals surface area contributed by atoms with Crippen molar-refractivity contribution in [3.05, 3.63) is 47.5 Å². The summed E-state index contributed by atoms with van der Waals surface area (Å²) >= 11 is 0. The van der Waals surface area contributed by atoms with Crippen molar-refractivity contribution in [2.45, 2.75) is 58.8 Å². The average molecular weight is 429 g/mol. The summed E-state index contributed by atoms with van der Waals surface area (Å²) in [5, 5.41) is 28.3. The van der Waals surface area contributed by atoms with Crippen molar-refractivity contribution < 1.29 is 29.6 Å². The lowest BCUT2D eigenvalue weighted by Crippen LogP contribution is -2.03. The van der Waals surface area contributed by atoms with Crippen LogP contribution in [0.5, 0.6) is 11.5 Å². The van der Waals surface area contributed by atoms with Crippen molar-refractivity contribution in [1.82, 2.24) is 0 Å². The summed E-state index contributed by atoms with van der Waals surface area (Å²) in [6.45, 7) is 4.81. The molecule has 0 spiro atoms. The fourth-order valence-electron chi connectivity index (χ4n) is 3.32. The normalized spacial score (nSPS) is 10.9. The molecule has 2 aromatic carbocycles. The van der Waals surface area contributed by atoms with Crippen LogP contribution >= 0.6 is 0 Å². The van der Waals surface area contributed by atoms with Gasteiger partial charge in [0, 0.05) is 24.0 Å². The van der Waals surface area contributed by atoms with E-state index in [1.54, 1.807) is 12.1 Å². The van der Waals surface area contributed by atoms with Gasteiger partial charge in [-0.25, -0.2) is 0 Å². The van der Waals surface area contributed by atoms with Crippen LogP contribution in [-0.4, -0.2) is 33.9 Å². The van der Waals surface area contributed by atoms with Crippen LogP contribution in [0.3, 0.4) is 0 Å². The van der Waals surface area contributed by atoms with Crippen LogP contribution in [0.25, 0.3) is 11.1 Å². The maximum atomic E-state index is 10.8. The van der Waals surface area contributed by atoms with E-state index >= 15 is 0 Å². The fraction of sp³-hybridized carbons (Fsp3) is 0.440. The Labute approximate surface area is 183 Å². The van der Waals surface area contributed by atoms with E-state index < -0.39 is 11.9 Å². The number of hydrogen-bond donors (Lipinski definition) is 3. The number of aryl methyl sites for hydroxylation is 2. The van der Waals surface area contributed by atoms with Crippen molar-refractivity contribution in [3.63, 3.8) is 0 Å². The number of ether oxygens (including phenoxy) is 1. The maximum absolute atomic E-state index is 10.8. The van der Waals surface area contributed by atoms with Gasteiger partial charge in [-0.3, -0.25) is 9.59 Å². The second-order valence-electron chi connectivity index (χ2n) is 8.21.